The van der Waals surface area contributed by atoms with Crippen LogP contribution in [-0.4, -0.2) is 37.2 Å². The van der Waals surface area contributed by atoms with Crippen LogP contribution in [0.2, 0.25) is 0 Å². The molecular weight excluding hydrogens is 961 g/mol. The van der Waals surface area contributed by atoms with E-state index < -0.39 is 6.10 Å². The maximum absolute atomic E-state index is 12.9. The number of allylic oxidation sites excluding steroid dienone is 24. The number of ether oxygens (including phenoxy) is 3. The third kappa shape index (κ3) is 62.1. The summed E-state index contributed by atoms with van der Waals surface area (Å²) < 4.78 is 16.9. The van der Waals surface area contributed by atoms with Gasteiger partial charge in [0.2, 0.25) is 0 Å². The molecule has 0 bridgehead atoms. The average Bonchev–Trinajstić information content (AvgIpc) is 3.44. The lowest BCUT2D eigenvalue weighted by Crippen LogP contribution is -2.30. The first-order valence-corrected chi connectivity index (χ1v) is 31.8. The molecule has 0 aromatic carbocycles. The molecule has 78 heavy (non-hydrogen) atoms. The summed E-state index contributed by atoms with van der Waals surface area (Å²) in [5, 5.41) is 0. The summed E-state index contributed by atoms with van der Waals surface area (Å²) in [6.45, 7) is 6.36. The van der Waals surface area contributed by atoms with Crippen LogP contribution in [0.4, 0.5) is 0 Å². The van der Waals surface area contributed by atoms with E-state index in [1.807, 2.05) is 0 Å². The van der Waals surface area contributed by atoms with Gasteiger partial charge in [-0.25, -0.2) is 0 Å². The number of hydrogen-bond acceptors (Lipinski definition) is 6. The fourth-order valence-electron chi connectivity index (χ4n) is 8.35. The molecule has 0 heterocycles. The molecule has 0 saturated carbocycles. The molecule has 0 aliphatic carbocycles. The van der Waals surface area contributed by atoms with E-state index in [2.05, 4.69) is 167 Å². The van der Waals surface area contributed by atoms with Crippen molar-refractivity contribution in [3.05, 3.63) is 146 Å². The molecule has 0 rings (SSSR count). The third-order valence-corrected chi connectivity index (χ3v) is 13.1. The number of carbonyl (C=O) groups is 3. The zero-order valence-electron chi connectivity index (χ0n) is 50.4. The second-order valence-corrected chi connectivity index (χ2v) is 20.5. The van der Waals surface area contributed by atoms with Gasteiger partial charge < -0.3 is 14.2 Å². The molecule has 0 radical (unpaired) electrons. The Kier molecular flexibility index (Phi) is 60.9. The predicted molar refractivity (Wildman–Crippen MR) is 339 cm³/mol. The van der Waals surface area contributed by atoms with Crippen molar-refractivity contribution in [3.63, 3.8) is 0 Å². The molecule has 6 heteroatoms. The van der Waals surface area contributed by atoms with Crippen LogP contribution >= 0.6 is 0 Å². The Hall–Kier alpha value is -4.71. The Morgan fingerprint density at radius 3 is 0.795 bits per heavy atom. The zero-order valence-corrected chi connectivity index (χ0v) is 50.4. The van der Waals surface area contributed by atoms with Crippen LogP contribution in [0, 0.1) is 0 Å². The van der Waals surface area contributed by atoms with Gasteiger partial charge in [-0.3, -0.25) is 14.4 Å². The minimum absolute atomic E-state index is 0.0993. The molecular formula is C72H116O6. The summed E-state index contributed by atoms with van der Waals surface area (Å²) in [4.78, 5) is 38.3. The van der Waals surface area contributed by atoms with E-state index in [1.54, 1.807) is 0 Å². The van der Waals surface area contributed by atoms with Crippen LogP contribution in [0.3, 0.4) is 0 Å². The Morgan fingerprint density at radius 2 is 0.500 bits per heavy atom. The summed E-state index contributed by atoms with van der Waals surface area (Å²) in [6.07, 6.45) is 92.7. The van der Waals surface area contributed by atoms with Crippen LogP contribution in [-0.2, 0) is 28.6 Å². The molecule has 6 nitrogen and oxygen atoms in total. The summed E-state index contributed by atoms with van der Waals surface area (Å²) in [6, 6.07) is 0. The lowest BCUT2D eigenvalue weighted by Gasteiger charge is -2.18. The van der Waals surface area contributed by atoms with Crippen molar-refractivity contribution >= 4 is 17.9 Å². The van der Waals surface area contributed by atoms with Gasteiger partial charge in [0.05, 0.1) is 0 Å². The average molecular weight is 1080 g/mol. The van der Waals surface area contributed by atoms with Gasteiger partial charge in [0.1, 0.15) is 13.2 Å². The van der Waals surface area contributed by atoms with E-state index in [-0.39, 0.29) is 37.5 Å². The van der Waals surface area contributed by atoms with Gasteiger partial charge in [0, 0.05) is 19.3 Å². The minimum atomic E-state index is -0.805. The standard InChI is InChI=1S/C72H116O6/c1-4-7-10-13-16-19-22-25-27-29-31-33-35-36-38-39-41-43-45-47-50-53-56-59-62-65-71(74)77-68-69(67-76-70(73)64-61-58-55-52-49-24-21-18-15-12-9-6-3)78-72(75)66-63-60-57-54-51-48-46-44-42-40-37-34-32-30-28-26-23-20-17-14-11-8-5-2/h7-8,10-11,16-21,25-28,31-34,36,38,40,42,46,48,69H,4-6,9,12-15,22-24,29-30,35,37,39,41,43-45,47,49-68H2,1-3H3/b10-7-,11-8-,19-16-,20-17-,21-18-,27-25-,28-26-,33-31-,34-32-,38-36-,42-40-,48-46-. The lowest BCUT2D eigenvalue weighted by molar-refractivity contribution is -0.167. The maximum atomic E-state index is 12.9. The topological polar surface area (TPSA) is 78.9 Å². The summed E-state index contributed by atoms with van der Waals surface area (Å²) in [5.41, 5.74) is 0. The second-order valence-electron chi connectivity index (χ2n) is 20.5. The fourth-order valence-corrected chi connectivity index (χ4v) is 8.35. The van der Waals surface area contributed by atoms with Gasteiger partial charge in [-0.15, -0.1) is 0 Å². The molecule has 0 aliphatic rings. The van der Waals surface area contributed by atoms with Gasteiger partial charge in [-0.05, 0) is 141 Å². The maximum Gasteiger partial charge on any atom is 0.306 e. The first kappa shape index (κ1) is 73.3. The molecule has 0 fully saturated rings. The van der Waals surface area contributed by atoms with Crippen LogP contribution in [0.25, 0.3) is 0 Å². The molecule has 0 aromatic rings. The van der Waals surface area contributed by atoms with E-state index in [0.29, 0.717) is 12.8 Å². The number of esters is 3. The number of carbonyl (C=O) groups excluding carboxylic acids is 3. The molecule has 0 spiro atoms. The highest BCUT2D eigenvalue weighted by Crippen LogP contribution is 2.14. The zero-order chi connectivity index (χ0) is 56.4. The second kappa shape index (κ2) is 64.8. The van der Waals surface area contributed by atoms with Crippen LogP contribution in [0.1, 0.15) is 271 Å². The number of hydrogen-bond donors (Lipinski definition) is 0. The van der Waals surface area contributed by atoms with Gasteiger partial charge in [-0.2, -0.15) is 0 Å². The van der Waals surface area contributed by atoms with E-state index in [1.165, 1.54) is 70.6 Å². The summed E-state index contributed by atoms with van der Waals surface area (Å²) in [7, 11) is 0. The fraction of sp³-hybridized carbons (Fsp3) is 0.625. The van der Waals surface area contributed by atoms with Gasteiger partial charge in [-0.1, -0.05) is 256 Å². The molecule has 440 valence electrons. The highest BCUT2D eigenvalue weighted by molar-refractivity contribution is 5.71. The van der Waals surface area contributed by atoms with Crippen molar-refractivity contribution in [3.8, 4) is 0 Å². The lowest BCUT2D eigenvalue weighted by atomic mass is 10.1. The molecule has 1 atom stereocenters. The largest absolute Gasteiger partial charge is 0.462 e. The predicted octanol–water partition coefficient (Wildman–Crippen LogP) is 21.9. The highest BCUT2D eigenvalue weighted by atomic mass is 16.6. The van der Waals surface area contributed by atoms with Crippen molar-refractivity contribution < 1.29 is 28.6 Å². The number of unbranched alkanes of at least 4 members (excludes halogenated alkanes) is 21. The van der Waals surface area contributed by atoms with Crippen molar-refractivity contribution in [1.29, 1.82) is 0 Å². The smallest absolute Gasteiger partial charge is 0.306 e. The van der Waals surface area contributed by atoms with E-state index >= 15 is 0 Å². The summed E-state index contributed by atoms with van der Waals surface area (Å²) in [5.74, 6) is -0.940. The Morgan fingerprint density at radius 1 is 0.269 bits per heavy atom. The van der Waals surface area contributed by atoms with E-state index in [4.69, 9.17) is 14.2 Å². The van der Waals surface area contributed by atoms with Crippen molar-refractivity contribution in [2.24, 2.45) is 0 Å². The Labute approximate surface area is 480 Å². The SMILES string of the molecule is CC/C=C\C/C=C\C/C=C\C/C=C\C/C=C\C/C=C\CCCCCCC(=O)OC(COC(=O)CCCCCCC/C=C\CCCCC)COC(=O)CCCCCCCCCCC/C=C\C/C=C\C/C=C\C/C=C\C/C=C\CC. The quantitative estimate of drug-likeness (QED) is 0.0261. The third-order valence-electron chi connectivity index (χ3n) is 13.1. The molecule has 0 aromatic heterocycles. The molecule has 1 unspecified atom stereocenters. The Bertz CT molecular complexity index is 1710. The minimum Gasteiger partial charge on any atom is -0.462 e. The Balaban J connectivity index is 4.41. The normalized spacial score (nSPS) is 13.1. The molecule has 0 saturated heterocycles. The molecule has 0 N–H and O–H groups in total. The van der Waals surface area contributed by atoms with Crippen LogP contribution in [0.5, 0.6) is 0 Å². The monoisotopic (exact) mass is 1080 g/mol. The van der Waals surface area contributed by atoms with Crippen molar-refractivity contribution in [2.75, 3.05) is 13.2 Å². The first-order valence-electron chi connectivity index (χ1n) is 31.8. The van der Waals surface area contributed by atoms with E-state index in [0.717, 1.165) is 161 Å². The van der Waals surface area contributed by atoms with Crippen LogP contribution < -0.4 is 0 Å². The van der Waals surface area contributed by atoms with Crippen molar-refractivity contribution in [2.45, 2.75) is 277 Å². The summed E-state index contributed by atoms with van der Waals surface area (Å²) >= 11 is 0. The first-order chi connectivity index (χ1) is 38.5. The van der Waals surface area contributed by atoms with Gasteiger partial charge in [0.15, 0.2) is 6.10 Å². The molecule has 0 amide bonds. The van der Waals surface area contributed by atoms with E-state index in [9.17, 15) is 14.4 Å². The highest BCUT2D eigenvalue weighted by Gasteiger charge is 2.19. The molecule has 0 aliphatic heterocycles. The van der Waals surface area contributed by atoms with Crippen LogP contribution in [0.15, 0.2) is 146 Å². The van der Waals surface area contributed by atoms with Crippen molar-refractivity contribution in [1.82, 2.24) is 0 Å². The van der Waals surface area contributed by atoms with Gasteiger partial charge in [0.25, 0.3) is 0 Å². The number of rotatable bonds is 56. The van der Waals surface area contributed by atoms with Gasteiger partial charge >= 0.3 is 17.9 Å².